The van der Waals surface area contributed by atoms with E-state index in [-0.39, 0.29) is 17.6 Å². The molecule has 1 N–H and O–H groups in total. The fourth-order valence-electron chi connectivity index (χ4n) is 4.93. The Bertz CT molecular complexity index is 1620. The summed E-state index contributed by atoms with van der Waals surface area (Å²) in [5.74, 6) is -1.75. The summed E-state index contributed by atoms with van der Waals surface area (Å²) in [6, 6.07) is 11.8. The first kappa shape index (κ1) is 31.9. The second-order valence-corrected chi connectivity index (χ2v) is 9.99. The molecule has 1 saturated heterocycles. The van der Waals surface area contributed by atoms with E-state index in [1.54, 1.807) is 56.5 Å². The molecule has 1 aliphatic heterocycles. The second kappa shape index (κ2) is 13.5. The number of hydrogen-bond acceptors (Lipinski definition) is 13. The standard InChI is InChI=1S/C30H33N3O11/c1-15-31-24-12-7-20(13-23(24)30(38)33(15)21-8-10-22(39-6)11-9-21)32-29-28(43-19(5)37)27(42-18(4)36)26(41-17(3)35)25(44-29)14-40-16(2)34/h7-13,25-29,32H,14H2,1-6H3/t25-,26+,27+,28-,29?/m1/s1. The lowest BCUT2D eigenvalue weighted by Crippen LogP contribution is -2.64. The summed E-state index contributed by atoms with van der Waals surface area (Å²) in [7, 11) is 1.55. The number of aryl methyl sites for hydroxylation is 1. The van der Waals surface area contributed by atoms with Gasteiger partial charge in [0.2, 0.25) is 0 Å². The Hall–Kier alpha value is -4.98. The van der Waals surface area contributed by atoms with Crippen LogP contribution in [-0.2, 0) is 42.9 Å². The van der Waals surface area contributed by atoms with Crippen LogP contribution in [0.25, 0.3) is 16.6 Å². The van der Waals surface area contributed by atoms with Gasteiger partial charge in [0.05, 0.1) is 23.7 Å². The molecule has 4 rings (SSSR count). The first-order valence-electron chi connectivity index (χ1n) is 13.6. The van der Waals surface area contributed by atoms with Crippen LogP contribution < -0.4 is 15.6 Å². The number of rotatable bonds is 9. The van der Waals surface area contributed by atoms with Crippen LogP contribution in [0.3, 0.4) is 0 Å². The van der Waals surface area contributed by atoms with Gasteiger partial charge in [-0.2, -0.15) is 0 Å². The van der Waals surface area contributed by atoms with E-state index >= 15 is 0 Å². The summed E-state index contributed by atoms with van der Waals surface area (Å²) in [4.78, 5) is 66.1. The summed E-state index contributed by atoms with van der Waals surface area (Å²) < 4.78 is 34.3. The predicted molar refractivity (Wildman–Crippen MR) is 154 cm³/mol. The van der Waals surface area contributed by atoms with Gasteiger partial charge in [-0.25, -0.2) is 4.98 Å². The zero-order chi connectivity index (χ0) is 32.1. The van der Waals surface area contributed by atoms with Gasteiger partial charge < -0.3 is 33.7 Å². The number of aromatic nitrogens is 2. The molecule has 1 fully saturated rings. The molecule has 5 atom stereocenters. The number of ether oxygens (including phenoxy) is 6. The molecule has 44 heavy (non-hydrogen) atoms. The molecule has 1 unspecified atom stereocenters. The second-order valence-electron chi connectivity index (χ2n) is 9.99. The van der Waals surface area contributed by atoms with Crippen LogP contribution in [0.4, 0.5) is 5.69 Å². The number of benzene rings is 2. The maximum atomic E-state index is 13.7. The van der Waals surface area contributed by atoms with Crippen molar-refractivity contribution in [2.24, 2.45) is 0 Å². The number of esters is 4. The van der Waals surface area contributed by atoms with Gasteiger partial charge in [-0.15, -0.1) is 0 Å². The third-order valence-corrected chi connectivity index (χ3v) is 6.67. The van der Waals surface area contributed by atoms with Gasteiger partial charge in [0.25, 0.3) is 5.56 Å². The van der Waals surface area contributed by atoms with E-state index in [1.807, 2.05) is 0 Å². The lowest BCUT2D eigenvalue weighted by Gasteiger charge is -2.44. The molecule has 0 amide bonds. The quantitative estimate of drug-likeness (QED) is 0.276. The van der Waals surface area contributed by atoms with Crippen molar-refractivity contribution in [1.82, 2.24) is 9.55 Å². The van der Waals surface area contributed by atoms with Crippen molar-refractivity contribution >= 4 is 40.5 Å². The minimum absolute atomic E-state index is 0.266. The third-order valence-electron chi connectivity index (χ3n) is 6.67. The Labute approximate surface area is 252 Å². The summed E-state index contributed by atoms with van der Waals surface area (Å²) in [5.41, 5.74) is 1.04. The first-order chi connectivity index (χ1) is 20.9. The van der Waals surface area contributed by atoms with Gasteiger partial charge in [0.15, 0.2) is 24.5 Å². The summed E-state index contributed by atoms with van der Waals surface area (Å²) >= 11 is 0. The third kappa shape index (κ3) is 7.32. The van der Waals surface area contributed by atoms with Crippen LogP contribution in [0.2, 0.25) is 0 Å². The highest BCUT2D eigenvalue weighted by atomic mass is 16.7. The van der Waals surface area contributed by atoms with E-state index in [2.05, 4.69) is 10.3 Å². The van der Waals surface area contributed by atoms with Crippen LogP contribution in [0.5, 0.6) is 5.75 Å². The Kier molecular flexibility index (Phi) is 9.83. The number of fused-ring (bicyclic) bond motifs is 1. The van der Waals surface area contributed by atoms with Crippen molar-refractivity contribution in [3.8, 4) is 11.4 Å². The van der Waals surface area contributed by atoms with E-state index in [9.17, 15) is 24.0 Å². The van der Waals surface area contributed by atoms with Crippen LogP contribution in [-0.4, -0.2) is 77.8 Å². The van der Waals surface area contributed by atoms with Gasteiger partial charge >= 0.3 is 23.9 Å². The van der Waals surface area contributed by atoms with Gasteiger partial charge in [-0.05, 0) is 49.4 Å². The van der Waals surface area contributed by atoms with Gasteiger partial charge in [0.1, 0.15) is 24.3 Å². The number of nitrogens with one attached hydrogen (secondary N) is 1. The average Bonchev–Trinajstić information content (AvgIpc) is 2.95. The molecule has 1 aromatic heterocycles. The van der Waals surface area contributed by atoms with Gasteiger partial charge in [-0.3, -0.25) is 28.5 Å². The smallest absolute Gasteiger partial charge is 0.303 e. The maximum absolute atomic E-state index is 13.7. The van der Waals surface area contributed by atoms with Gasteiger partial charge in [-0.1, -0.05) is 0 Å². The minimum Gasteiger partial charge on any atom is -0.497 e. The SMILES string of the molecule is COc1ccc(-n2c(C)nc3ccc(NC4O[C@H](COC(C)=O)[C@H](OC(C)=O)[C@H](OC(C)=O)[C@H]4OC(C)=O)cc3c2=O)cc1. The molecule has 234 valence electrons. The van der Waals surface area contributed by atoms with Crippen molar-refractivity contribution < 1.29 is 47.6 Å². The van der Waals surface area contributed by atoms with E-state index < -0.39 is 54.5 Å². The Balaban J connectivity index is 1.76. The lowest BCUT2D eigenvalue weighted by molar-refractivity contribution is -0.247. The molecule has 3 aromatic rings. The number of anilines is 1. The van der Waals surface area contributed by atoms with Crippen molar-refractivity contribution in [2.45, 2.75) is 65.3 Å². The molecule has 1 aliphatic rings. The van der Waals surface area contributed by atoms with E-state index in [1.165, 1.54) is 11.5 Å². The largest absolute Gasteiger partial charge is 0.497 e. The number of nitrogens with zero attached hydrogens (tertiary/aromatic N) is 2. The molecule has 0 bridgehead atoms. The van der Waals surface area contributed by atoms with Crippen molar-refractivity contribution in [3.63, 3.8) is 0 Å². The summed E-state index contributed by atoms with van der Waals surface area (Å²) in [5, 5.41) is 3.34. The molecular formula is C30H33N3O11. The van der Waals surface area contributed by atoms with E-state index in [0.29, 0.717) is 28.5 Å². The highest BCUT2D eigenvalue weighted by molar-refractivity contribution is 5.82. The molecule has 0 radical (unpaired) electrons. The summed E-state index contributed by atoms with van der Waals surface area (Å²) in [6.07, 6.45) is -6.30. The molecule has 14 heteroatoms. The Morgan fingerprint density at radius 1 is 0.864 bits per heavy atom. The van der Waals surface area contributed by atoms with Crippen molar-refractivity contribution in [1.29, 1.82) is 0 Å². The fraction of sp³-hybridized carbons (Fsp3) is 0.400. The number of hydrogen-bond donors (Lipinski definition) is 1. The van der Waals surface area contributed by atoms with Crippen LogP contribution in [0, 0.1) is 6.92 Å². The number of carbonyl (C=O) groups is 4. The Morgan fingerprint density at radius 3 is 2.07 bits per heavy atom. The van der Waals surface area contributed by atoms with Crippen molar-refractivity contribution in [2.75, 3.05) is 19.0 Å². The minimum atomic E-state index is -1.34. The molecule has 14 nitrogen and oxygen atoms in total. The molecule has 0 saturated carbocycles. The topological polar surface area (TPSA) is 171 Å². The monoisotopic (exact) mass is 611 g/mol. The molecular weight excluding hydrogens is 578 g/mol. The number of carbonyl (C=O) groups excluding carboxylic acids is 4. The first-order valence-corrected chi connectivity index (χ1v) is 13.6. The molecule has 0 spiro atoms. The van der Waals surface area contributed by atoms with Gasteiger partial charge in [0, 0.05) is 33.4 Å². The lowest BCUT2D eigenvalue weighted by atomic mass is 9.97. The zero-order valence-corrected chi connectivity index (χ0v) is 25.0. The maximum Gasteiger partial charge on any atom is 0.303 e. The summed E-state index contributed by atoms with van der Waals surface area (Å²) in [6.45, 7) is 5.97. The molecule has 0 aliphatic carbocycles. The van der Waals surface area contributed by atoms with E-state index in [0.717, 1.165) is 20.8 Å². The average molecular weight is 612 g/mol. The highest BCUT2D eigenvalue weighted by Crippen LogP contribution is 2.31. The predicted octanol–water partition coefficient (Wildman–Crippen LogP) is 2.20. The van der Waals surface area contributed by atoms with E-state index in [4.69, 9.17) is 28.4 Å². The zero-order valence-electron chi connectivity index (χ0n) is 25.0. The van der Waals surface area contributed by atoms with Crippen LogP contribution in [0.15, 0.2) is 47.3 Å². The number of methoxy groups -OCH3 is 1. The fourth-order valence-corrected chi connectivity index (χ4v) is 4.93. The highest BCUT2D eigenvalue weighted by Gasteiger charge is 2.52. The van der Waals surface area contributed by atoms with Crippen LogP contribution >= 0.6 is 0 Å². The Morgan fingerprint density at radius 2 is 1.48 bits per heavy atom. The normalized spacial score (nSPS) is 21.2. The van der Waals surface area contributed by atoms with Crippen LogP contribution in [0.1, 0.15) is 33.5 Å². The molecule has 2 heterocycles. The van der Waals surface area contributed by atoms with Crippen molar-refractivity contribution in [3.05, 3.63) is 58.6 Å². The molecule has 2 aromatic carbocycles.